The number of hydrogen-bond acceptors (Lipinski definition) is 3. The van der Waals surface area contributed by atoms with Gasteiger partial charge in [0.2, 0.25) is 0 Å². The SMILES string of the molecule is COC(=O)Cc1c(C(F)F)ncc(I)c1Cl. The van der Waals surface area contributed by atoms with E-state index in [4.69, 9.17) is 11.6 Å². The van der Waals surface area contributed by atoms with E-state index in [0.717, 1.165) is 0 Å². The number of pyridine rings is 1. The smallest absolute Gasteiger partial charge is 0.310 e. The fourth-order valence-electron chi connectivity index (χ4n) is 1.09. The molecule has 0 radical (unpaired) electrons. The van der Waals surface area contributed by atoms with Crippen LogP contribution in [0.2, 0.25) is 5.02 Å². The van der Waals surface area contributed by atoms with Gasteiger partial charge >= 0.3 is 5.97 Å². The second-order valence-corrected chi connectivity index (χ2v) is 4.38. The molecule has 1 aromatic heterocycles. The molecule has 0 bridgehead atoms. The highest BCUT2D eigenvalue weighted by molar-refractivity contribution is 14.1. The van der Waals surface area contributed by atoms with E-state index < -0.39 is 18.1 Å². The number of rotatable bonds is 3. The van der Waals surface area contributed by atoms with Gasteiger partial charge in [-0.1, -0.05) is 11.6 Å². The predicted octanol–water partition coefficient (Wildman–Crippen LogP) is 2.99. The first kappa shape index (κ1) is 13.6. The molecule has 0 saturated carbocycles. The van der Waals surface area contributed by atoms with Gasteiger partial charge in [0.1, 0.15) is 5.69 Å². The van der Waals surface area contributed by atoms with Crippen molar-refractivity contribution < 1.29 is 18.3 Å². The fourth-order valence-corrected chi connectivity index (χ4v) is 1.77. The molecule has 0 aliphatic carbocycles. The molecule has 0 aliphatic heterocycles. The second-order valence-electron chi connectivity index (χ2n) is 2.84. The first-order valence-electron chi connectivity index (χ1n) is 4.15. The number of methoxy groups -OCH3 is 1. The van der Waals surface area contributed by atoms with Crippen LogP contribution in [0.15, 0.2) is 6.20 Å². The molecule has 0 fully saturated rings. The lowest BCUT2D eigenvalue weighted by Crippen LogP contribution is -2.10. The van der Waals surface area contributed by atoms with Gasteiger partial charge in [-0.05, 0) is 22.6 Å². The zero-order chi connectivity index (χ0) is 12.3. The summed E-state index contributed by atoms with van der Waals surface area (Å²) >= 11 is 7.71. The van der Waals surface area contributed by atoms with Crippen LogP contribution in [0.5, 0.6) is 0 Å². The molecule has 1 heterocycles. The third-order valence-corrected chi connectivity index (χ3v) is 3.42. The van der Waals surface area contributed by atoms with Gasteiger partial charge in [0.25, 0.3) is 6.43 Å². The third-order valence-electron chi connectivity index (χ3n) is 1.86. The summed E-state index contributed by atoms with van der Waals surface area (Å²) < 4.78 is 30.2. The van der Waals surface area contributed by atoms with Crippen molar-refractivity contribution in [2.24, 2.45) is 0 Å². The third kappa shape index (κ3) is 3.00. The Morgan fingerprint density at radius 2 is 2.31 bits per heavy atom. The highest BCUT2D eigenvalue weighted by atomic mass is 127. The number of hydrogen-bond donors (Lipinski definition) is 0. The summed E-state index contributed by atoms with van der Waals surface area (Å²) in [6, 6.07) is 0. The Morgan fingerprint density at radius 3 is 2.81 bits per heavy atom. The predicted molar refractivity (Wildman–Crippen MR) is 62.6 cm³/mol. The van der Waals surface area contributed by atoms with Gasteiger partial charge in [0, 0.05) is 11.8 Å². The summed E-state index contributed by atoms with van der Waals surface area (Å²) in [5.74, 6) is -0.632. The minimum atomic E-state index is -2.77. The van der Waals surface area contributed by atoms with E-state index in [-0.39, 0.29) is 17.0 Å². The molecule has 3 nitrogen and oxygen atoms in total. The quantitative estimate of drug-likeness (QED) is 0.614. The molecule has 1 aromatic rings. The lowest BCUT2D eigenvalue weighted by atomic mass is 10.1. The molecule has 0 unspecified atom stereocenters. The van der Waals surface area contributed by atoms with Crippen molar-refractivity contribution in [2.75, 3.05) is 7.11 Å². The summed E-state index contributed by atoms with van der Waals surface area (Å²) in [6.45, 7) is 0. The van der Waals surface area contributed by atoms with Crippen molar-refractivity contribution in [3.63, 3.8) is 0 Å². The second kappa shape index (κ2) is 5.72. The average molecular weight is 362 g/mol. The van der Waals surface area contributed by atoms with E-state index in [1.165, 1.54) is 13.3 Å². The Balaban J connectivity index is 3.20. The Labute approximate surface area is 109 Å². The van der Waals surface area contributed by atoms with Gasteiger partial charge < -0.3 is 4.74 Å². The van der Waals surface area contributed by atoms with Crippen LogP contribution in [0.25, 0.3) is 0 Å². The maximum atomic E-state index is 12.6. The minimum Gasteiger partial charge on any atom is -0.469 e. The van der Waals surface area contributed by atoms with Crippen LogP contribution >= 0.6 is 34.2 Å². The lowest BCUT2D eigenvalue weighted by Gasteiger charge is -2.10. The van der Waals surface area contributed by atoms with Crippen molar-refractivity contribution in [1.82, 2.24) is 4.98 Å². The molecule has 0 N–H and O–H groups in total. The highest BCUT2D eigenvalue weighted by Gasteiger charge is 2.21. The number of esters is 1. The van der Waals surface area contributed by atoms with E-state index in [1.54, 1.807) is 0 Å². The number of nitrogens with zero attached hydrogens (tertiary/aromatic N) is 1. The summed E-state index contributed by atoms with van der Waals surface area (Å²) in [5.41, 5.74) is -0.453. The summed E-state index contributed by atoms with van der Waals surface area (Å²) in [4.78, 5) is 14.6. The molecular weight excluding hydrogens is 354 g/mol. The molecule has 16 heavy (non-hydrogen) atoms. The summed E-state index contributed by atoms with van der Waals surface area (Å²) in [6.07, 6.45) is -1.83. The zero-order valence-electron chi connectivity index (χ0n) is 8.14. The first-order chi connectivity index (χ1) is 7.47. The van der Waals surface area contributed by atoms with E-state index in [0.29, 0.717) is 3.57 Å². The molecule has 0 spiro atoms. The molecule has 1 rings (SSSR count). The minimum absolute atomic E-state index is 0.0235. The molecule has 0 saturated heterocycles. The topological polar surface area (TPSA) is 39.2 Å². The molecule has 0 aliphatic rings. The monoisotopic (exact) mass is 361 g/mol. The van der Waals surface area contributed by atoms with Gasteiger partial charge in [-0.2, -0.15) is 0 Å². The van der Waals surface area contributed by atoms with Crippen LogP contribution < -0.4 is 0 Å². The number of alkyl halides is 2. The van der Waals surface area contributed by atoms with Crippen molar-refractivity contribution in [3.8, 4) is 0 Å². The van der Waals surface area contributed by atoms with Gasteiger partial charge in [-0.25, -0.2) is 8.78 Å². The summed E-state index contributed by atoms with van der Waals surface area (Å²) in [5, 5.41) is 0.122. The van der Waals surface area contributed by atoms with Gasteiger partial charge in [0.15, 0.2) is 0 Å². The average Bonchev–Trinajstić information content (AvgIpc) is 2.24. The number of carbonyl (C=O) groups excluding carboxylic acids is 1. The van der Waals surface area contributed by atoms with Gasteiger partial charge in [-0.3, -0.25) is 9.78 Å². The lowest BCUT2D eigenvalue weighted by molar-refractivity contribution is -0.139. The Kier molecular flexibility index (Phi) is 4.85. The number of aromatic nitrogens is 1. The molecular formula is C9H7ClF2INO2. The van der Waals surface area contributed by atoms with E-state index in [9.17, 15) is 13.6 Å². The molecule has 7 heteroatoms. The van der Waals surface area contributed by atoms with Gasteiger partial charge in [-0.15, -0.1) is 0 Å². The van der Waals surface area contributed by atoms with Crippen molar-refractivity contribution in [2.45, 2.75) is 12.8 Å². The summed E-state index contributed by atoms with van der Waals surface area (Å²) in [7, 11) is 1.18. The fraction of sp³-hybridized carbons (Fsp3) is 0.333. The van der Waals surface area contributed by atoms with Crippen LogP contribution in [0.4, 0.5) is 8.78 Å². The van der Waals surface area contributed by atoms with E-state index in [1.807, 2.05) is 22.6 Å². The molecule has 0 amide bonds. The zero-order valence-corrected chi connectivity index (χ0v) is 11.1. The standard InChI is InChI=1S/C9H7ClF2INO2/c1-16-6(15)2-4-7(10)5(13)3-14-8(4)9(11)12/h3,9H,2H2,1H3. The highest BCUT2D eigenvalue weighted by Crippen LogP contribution is 2.30. The van der Waals surface area contributed by atoms with E-state index >= 15 is 0 Å². The van der Waals surface area contributed by atoms with Crippen LogP contribution in [-0.4, -0.2) is 18.1 Å². The Morgan fingerprint density at radius 1 is 1.69 bits per heavy atom. The maximum absolute atomic E-state index is 12.6. The van der Waals surface area contributed by atoms with Crippen molar-refractivity contribution in [1.29, 1.82) is 0 Å². The van der Waals surface area contributed by atoms with E-state index in [2.05, 4.69) is 9.72 Å². The largest absolute Gasteiger partial charge is 0.469 e. The Bertz CT molecular complexity index is 415. The normalized spacial score (nSPS) is 10.6. The van der Waals surface area contributed by atoms with Gasteiger partial charge in [0.05, 0.1) is 22.1 Å². The number of carbonyl (C=O) groups is 1. The number of ether oxygens (including phenoxy) is 1. The van der Waals surface area contributed by atoms with Crippen molar-refractivity contribution >= 4 is 40.2 Å². The maximum Gasteiger partial charge on any atom is 0.310 e. The van der Waals surface area contributed by atoms with Crippen molar-refractivity contribution in [3.05, 3.63) is 26.0 Å². The van der Waals surface area contributed by atoms with Crippen LogP contribution in [0.3, 0.4) is 0 Å². The molecule has 0 aromatic carbocycles. The van der Waals surface area contributed by atoms with Crippen LogP contribution in [-0.2, 0) is 16.0 Å². The van der Waals surface area contributed by atoms with Crippen LogP contribution in [0.1, 0.15) is 17.7 Å². The Hall–Kier alpha value is -0.500. The van der Waals surface area contributed by atoms with Crippen LogP contribution in [0, 0.1) is 3.57 Å². The first-order valence-corrected chi connectivity index (χ1v) is 5.60. The number of halogens is 4. The molecule has 0 atom stereocenters. The molecule has 88 valence electrons.